The lowest BCUT2D eigenvalue weighted by molar-refractivity contribution is -0.137. The Kier molecular flexibility index (Phi) is 8.86. The molecule has 12 heteroatoms. The highest BCUT2D eigenvalue weighted by atomic mass is 35.5. The van der Waals surface area contributed by atoms with Gasteiger partial charge in [0.2, 0.25) is 0 Å². The molecule has 0 bridgehead atoms. The second-order valence-corrected chi connectivity index (χ2v) is 9.93. The van der Waals surface area contributed by atoms with E-state index in [0.717, 1.165) is 12.3 Å². The second kappa shape index (κ2) is 12.0. The molecule has 0 radical (unpaired) electrons. The number of benzene rings is 1. The Bertz CT molecular complexity index is 1540. The van der Waals surface area contributed by atoms with Crippen LogP contribution in [0.2, 0.25) is 0 Å². The number of piperazine rings is 1. The maximum atomic E-state index is 15.2. The van der Waals surface area contributed by atoms with E-state index in [1.165, 1.54) is 30.5 Å². The number of pyridine rings is 2. The number of Topliss-reactive ketones (excluding diaryl/α,β-unsaturated/α-hetero) is 1. The first-order valence-corrected chi connectivity index (χ1v) is 13.1. The summed E-state index contributed by atoms with van der Waals surface area (Å²) in [7, 11) is 0. The summed E-state index contributed by atoms with van der Waals surface area (Å²) in [5, 5.41) is 0. The molecule has 1 atom stereocenters. The SMILES string of the molecule is CCc1nc2cc(F)ccn2c1C(=O)CCc1ccc(N2CCN(c3ccc(C(F)(F)F)cn3)[C@@H](C)C2)c(F)c1.Cl. The van der Waals surface area contributed by atoms with Gasteiger partial charge in [-0.3, -0.25) is 9.20 Å². The van der Waals surface area contributed by atoms with E-state index in [4.69, 9.17) is 0 Å². The van der Waals surface area contributed by atoms with Gasteiger partial charge in [-0.25, -0.2) is 18.7 Å². The highest BCUT2D eigenvalue weighted by Crippen LogP contribution is 2.31. The van der Waals surface area contributed by atoms with E-state index >= 15 is 4.39 Å². The molecular formula is C29H29ClF5N5O. The van der Waals surface area contributed by atoms with E-state index < -0.39 is 23.4 Å². The molecule has 0 spiro atoms. The van der Waals surface area contributed by atoms with Crippen LogP contribution in [0.15, 0.2) is 54.9 Å². The lowest BCUT2D eigenvalue weighted by atomic mass is 10.0. The molecule has 4 aromatic rings. The van der Waals surface area contributed by atoms with Crippen molar-refractivity contribution in [1.29, 1.82) is 0 Å². The maximum absolute atomic E-state index is 15.2. The van der Waals surface area contributed by atoms with Crippen molar-refractivity contribution in [3.05, 3.63) is 89.0 Å². The Morgan fingerprint density at radius 1 is 1.07 bits per heavy atom. The number of carbonyl (C=O) groups excluding carboxylic acids is 1. The average Bonchev–Trinajstić information content (AvgIpc) is 3.29. The van der Waals surface area contributed by atoms with Crippen molar-refractivity contribution in [3.63, 3.8) is 0 Å². The molecule has 1 aromatic carbocycles. The molecule has 4 heterocycles. The van der Waals surface area contributed by atoms with Gasteiger partial charge < -0.3 is 9.80 Å². The number of halogens is 6. The molecule has 3 aromatic heterocycles. The molecular weight excluding hydrogens is 565 g/mol. The molecule has 1 saturated heterocycles. The number of ketones is 1. The smallest absolute Gasteiger partial charge is 0.365 e. The fourth-order valence-corrected chi connectivity index (χ4v) is 5.19. The summed E-state index contributed by atoms with van der Waals surface area (Å²) in [5.74, 6) is -0.537. The van der Waals surface area contributed by atoms with Crippen molar-refractivity contribution in [2.75, 3.05) is 29.4 Å². The Balaban J connectivity index is 0.00000387. The second-order valence-electron chi connectivity index (χ2n) is 9.93. The number of hydrogen-bond acceptors (Lipinski definition) is 5. The van der Waals surface area contributed by atoms with E-state index in [-0.39, 0.29) is 30.7 Å². The molecule has 6 nitrogen and oxygen atoms in total. The normalized spacial score (nSPS) is 15.7. The van der Waals surface area contributed by atoms with Gasteiger partial charge >= 0.3 is 6.18 Å². The molecule has 0 unspecified atom stereocenters. The highest BCUT2D eigenvalue weighted by molar-refractivity contribution is 5.96. The number of rotatable bonds is 7. The summed E-state index contributed by atoms with van der Waals surface area (Å²) in [5.41, 5.74) is 1.69. The summed E-state index contributed by atoms with van der Waals surface area (Å²) >= 11 is 0. The molecule has 0 amide bonds. The van der Waals surface area contributed by atoms with Crippen molar-refractivity contribution in [2.45, 2.75) is 45.3 Å². The van der Waals surface area contributed by atoms with Crippen molar-refractivity contribution in [2.24, 2.45) is 0 Å². The van der Waals surface area contributed by atoms with Crippen molar-refractivity contribution < 1.29 is 26.7 Å². The predicted molar refractivity (Wildman–Crippen MR) is 149 cm³/mol. The first-order valence-electron chi connectivity index (χ1n) is 13.1. The minimum Gasteiger partial charge on any atom is -0.365 e. The van der Waals surface area contributed by atoms with Gasteiger partial charge in [0.15, 0.2) is 5.78 Å². The molecule has 0 N–H and O–H groups in total. The quantitative estimate of drug-likeness (QED) is 0.180. The maximum Gasteiger partial charge on any atom is 0.417 e. The first-order chi connectivity index (χ1) is 19.0. The number of fused-ring (bicyclic) bond motifs is 1. The highest BCUT2D eigenvalue weighted by Gasteiger charge is 2.32. The van der Waals surface area contributed by atoms with Crippen molar-refractivity contribution in [3.8, 4) is 0 Å². The average molecular weight is 594 g/mol. The summed E-state index contributed by atoms with van der Waals surface area (Å²) < 4.78 is 69.0. The molecule has 1 aliphatic rings. The van der Waals surface area contributed by atoms with Crippen LogP contribution in [0.3, 0.4) is 0 Å². The number of hydrogen-bond donors (Lipinski definition) is 0. The predicted octanol–water partition coefficient (Wildman–Crippen LogP) is 6.54. The van der Waals surface area contributed by atoms with E-state index in [0.29, 0.717) is 66.6 Å². The van der Waals surface area contributed by atoms with E-state index in [9.17, 15) is 22.4 Å². The van der Waals surface area contributed by atoms with E-state index in [1.54, 1.807) is 16.5 Å². The van der Waals surface area contributed by atoms with Crippen molar-refractivity contribution in [1.82, 2.24) is 14.4 Å². The van der Waals surface area contributed by atoms with Crippen LogP contribution in [-0.4, -0.2) is 45.8 Å². The number of imidazole rings is 1. The Morgan fingerprint density at radius 2 is 1.85 bits per heavy atom. The fraction of sp³-hybridized carbons (Fsp3) is 0.345. The number of anilines is 2. The van der Waals surface area contributed by atoms with Gasteiger partial charge in [-0.05, 0) is 55.7 Å². The number of carbonyl (C=O) groups is 1. The van der Waals surface area contributed by atoms with Crippen LogP contribution in [-0.2, 0) is 19.0 Å². The third-order valence-corrected chi connectivity index (χ3v) is 7.25. The van der Waals surface area contributed by atoms with Gasteiger partial charge in [-0.1, -0.05) is 13.0 Å². The third kappa shape index (κ3) is 6.29. The Morgan fingerprint density at radius 3 is 2.49 bits per heavy atom. The van der Waals surface area contributed by atoms with E-state index in [1.807, 2.05) is 23.6 Å². The lowest BCUT2D eigenvalue weighted by Crippen LogP contribution is -2.52. The van der Waals surface area contributed by atoms with Gasteiger partial charge in [0.25, 0.3) is 0 Å². The van der Waals surface area contributed by atoms with Gasteiger partial charge in [-0.2, -0.15) is 13.2 Å². The minimum absolute atomic E-state index is 0. The van der Waals surface area contributed by atoms with Crippen LogP contribution in [0.1, 0.15) is 47.6 Å². The fourth-order valence-electron chi connectivity index (χ4n) is 5.19. The number of aryl methyl sites for hydroxylation is 2. The van der Waals surface area contributed by atoms with Crippen molar-refractivity contribution >= 4 is 35.3 Å². The monoisotopic (exact) mass is 593 g/mol. The van der Waals surface area contributed by atoms with Crippen LogP contribution >= 0.6 is 12.4 Å². The summed E-state index contributed by atoms with van der Waals surface area (Å²) in [6.45, 7) is 5.20. The minimum atomic E-state index is -4.44. The largest absolute Gasteiger partial charge is 0.417 e. The first kappa shape index (κ1) is 30.2. The van der Waals surface area contributed by atoms with Gasteiger partial charge in [0.05, 0.1) is 16.9 Å². The number of nitrogens with zero attached hydrogens (tertiary/aromatic N) is 5. The zero-order chi connectivity index (χ0) is 28.6. The van der Waals surface area contributed by atoms with Crippen LogP contribution in [0.4, 0.5) is 33.5 Å². The van der Waals surface area contributed by atoms with Gasteiger partial charge in [0, 0.05) is 50.6 Å². The molecule has 1 aliphatic heterocycles. The molecule has 218 valence electrons. The van der Waals surface area contributed by atoms with Crippen LogP contribution in [0.5, 0.6) is 0 Å². The standard InChI is InChI=1S/C29H28F5N5O.ClH/c1-3-23-28(39-11-10-21(30)15-27(39)36-23)25(40)8-5-19-4-7-24(22(31)14-19)37-12-13-38(18(2)17-37)26-9-6-20(16-35-26)29(32,33)34;/h4,6-7,9-11,14-16,18H,3,5,8,12-13,17H2,1-2H3;1H/t18-;/m0./s1. The van der Waals surface area contributed by atoms with E-state index in [2.05, 4.69) is 9.97 Å². The van der Waals surface area contributed by atoms with Gasteiger partial charge in [0.1, 0.15) is 28.8 Å². The van der Waals surface area contributed by atoms with Gasteiger partial charge in [-0.15, -0.1) is 12.4 Å². The number of alkyl halides is 3. The Labute approximate surface area is 240 Å². The third-order valence-electron chi connectivity index (χ3n) is 7.25. The van der Waals surface area contributed by atoms with Crippen LogP contribution < -0.4 is 9.80 Å². The summed E-state index contributed by atoms with van der Waals surface area (Å²) in [4.78, 5) is 25.3. The Hall–Kier alpha value is -3.73. The molecule has 41 heavy (non-hydrogen) atoms. The molecule has 5 rings (SSSR count). The lowest BCUT2D eigenvalue weighted by Gasteiger charge is -2.41. The van der Waals surface area contributed by atoms with Crippen LogP contribution in [0.25, 0.3) is 5.65 Å². The summed E-state index contributed by atoms with van der Waals surface area (Å²) in [6.07, 6.45) is -1.12. The topological polar surface area (TPSA) is 53.7 Å². The molecule has 0 saturated carbocycles. The molecule has 1 fully saturated rings. The van der Waals surface area contributed by atoms with Crippen LogP contribution in [0, 0.1) is 11.6 Å². The molecule has 0 aliphatic carbocycles. The summed E-state index contributed by atoms with van der Waals surface area (Å²) in [6, 6.07) is 9.75. The zero-order valence-corrected chi connectivity index (χ0v) is 23.3. The number of aromatic nitrogens is 3. The zero-order valence-electron chi connectivity index (χ0n) is 22.5.